The maximum Gasteiger partial charge on any atom is 0.306 e. The monoisotopic (exact) mass is 404 g/mol. The first-order chi connectivity index (χ1) is 13.2. The molecular formula is C17H17FN6O3S. The zero-order valence-corrected chi connectivity index (χ0v) is 16.4. The van der Waals surface area contributed by atoms with Crippen molar-refractivity contribution in [3.8, 4) is 0 Å². The van der Waals surface area contributed by atoms with E-state index in [9.17, 15) is 19.3 Å². The lowest BCUT2D eigenvalue weighted by atomic mass is 10.2. The molecule has 28 heavy (non-hydrogen) atoms. The van der Waals surface area contributed by atoms with Crippen LogP contribution in [0.25, 0.3) is 5.78 Å². The Balaban J connectivity index is 1.76. The summed E-state index contributed by atoms with van der Waals surface area (Å²) in [5.41, 5.74) is 2.22. The molecule has 1 atom stereocenters. The van der Waals surface area contributed by atoms with Gasteiger partial charge >= 0.3 is 5.69 Å². The molecule has 1 N–H and O–H groups in total. The molecule has 0 bridgehead atoms. The van der Waals surface area contributed by atoms with Gasteiger partial charge in [-0.1, -0.05) is 11.8 Å². The number of carbonyl (C=O) groups excluding carboxylic acids is 1. The number of benzene rings is 1. The molecule has 2 heterocycles. The summed E-state index contributed by atoms with van der Waals surface area (Å²) in [4.78, 5) is 31.1. The number of nitrogens with one attached hydrogen (secondary N) is 1. The van der Waals surface area contributed by atoms with Gasteiger partial charge in [0, 0.05) is 23.1 Å². The molecule has 11 heteroatoms. The van der Waals surface area contributed by atoms with E-state index < -0.39 is 27.6 Å². The topological polar surface area (TPSA) is 115 Å². The summed E-state index contributed by atoms with van der Waals surface area (Å²) in [6, 6.07) is 3.18. The molecule has 0 saturated heterocycles. The molecule has 146 valence electrons. The Kier molecular flexibility index (Phi) is 5.27. The molecule has 0 radical (unpaired) electrons. The van der Waals surface area contributed by atoms with Crippen molar-refractivity contribution in [3.63, 3.8) is 0 Å². The number of fused-ring (bicyclic) bond motifs is 1. The minimum Gasteiger partial charge on any atom is -0.325 e. The van der Waals surface area contributed by atoms with Crippen molar-refractivity contribution in [3.05, 3.63) is 51.1 Å². The minimum atomic E-state index is -0.965. The number of rotatable bonds is 5. The Bertz CT molecular complexity index is 1100. The number of nitro benzene ring substituents is 1. The molecule has 0 aliphatic carbocycles. The van der Waals surface area contributed by atoms with Gasteiger partial charge in [0.2, 0.25) is 16.9 Å². The van der Waals surface area contributed by atoms with Crippen LogP contribution in [0.3, 0.4) is 0 Å². The number of thioether (sulfide) groups is 1. The van der Waals surface area contributed by atoms with Gasteiger partial charge in [-0.3, -0.25) is 14.9 Å². The van der Waals surface area contributed by atoms with Crippen LogP contribution in [0.1, 0.15) is 23.9 Å². The van der Waals surface area contributed by atoms with Gasteiger partial charge in [-0.2, -0.15) is 9.37 Å². The van der Waals surface area contributed by atoms with E-state index in [0.29, 0.717) is 10.9 Å². The maximum atomic E-state index is 13.4. The molecule has 0 aliphatic rings. The Morgan fingerprint density at radius 2 is 2.04 bits per heavy atom. The highest BCUT2D eigenvalue weighted by Gasteiger charge is 2.21. The number of aryl methyl sites for hydroxylation is 2. The highest BCUT2D eigenvalue weighted by molar-refractivity contribution is 8.00. The van der Waals surface area contributed by atoms with Crippen LogP contribution in [0, 0.1) is 36.7 Å². The van der Waals surface area contributed by atoms with Gasteiger partial charge in [0.25, 0.3) is 5.78 Å². The fourth-order valence-electron chi connectivity index (χ4n) is 2.47. The van der Waals surface area contributed by atoms with Crippen LogP contribution >= 0.6 is 11.8 Å². The lowest BCUT2D eigenvalue weighted by Crippen LogP contribution is -2.22. The predicted octanol–water partition coefficient (Wildman–Crippen LogP) is 3.22. The van der Waals surface area contributed by atoms with E-state index >= 15 is 0 Å². The molecule has 0 fully saturated rings. The van der Waals surface area contributed by atoms with Crippen molar-refractivity contribution < 1.29 is 14.1 Å². The number of anilines is 1. The summed E-state index contributed by atoms with van der Waals surface area (Å²) < 4.78 is 15.0. The van der Waals surface area contributed by atoms with Crippen LogP contribution in [-0.2, 0) is 4.79 Å². The molecule has 0 spiro atoms. The zero-order chi connectivity index (χ0) is 20.6. The van der Waals surface area contributed by atoms with Gasteiger partial charge in [0.15, 0.2) is 0 Å². The lowest BCUT2D eigenvalue weighted by molar-refractivity contribution is -0.387. The molecule has 1 unspecified atom stereocenters. The van der Waals surface area contributed by atoms with Crippen molar-refractivity contribution in [2.24, 2.45) is 0 Å². The molecule has 2 aromatic heterocycles. The predicted molar refractivity (Wildman–Crippen MR) is 102 cm³/mol. The smallest absolute Gasteiger partial charge is 0.306 e. The summed E-state index contributed by atoms with van der Waals surface area (Å²) in [6.45, 7) is 7.41. The summed E-state index contributed by atoms with van der Waals surface area (Å²) >= 11 is 1.13. The summed E-state index contributed by atoms with van der Waals surface area (Å²) in [6.07, 6.45) is 0. The van der Waals surface area contributed by atoms with Crippen molar-refractivity contribution in [1.82, 2.24) is 19.6 Å². The largest absolute Gasteiger partial charge is 0.325 e. The Hall–Kier alpha value is -3.08. The minimum absolute atomic E-state index is 0.136. The number of nitro groups is 1. The van der Waals surface area contributed by atoms with E-state index in [0.717, 1.165) is 40.8 Å². The SMILES string of the molecule is Cc1nc2nc(SC(C)C(=O)Nc3ccc(F)c([N+](=O)[O-])c3)nn2c(C)c1C. The zero-order valence-electron chi connectivity index (χ0n) is 15.6. The van der Waals surface area contributed by atoms with E-state index in [1.807, 2.05) is 20.8 Å². The van der Waals surface area contributed by atoms with Crippen LogP contribution in [-0.4, -0.2) is 35.7 Å². The number of nitrogens with zero attached hydrogens (tertiary/aromatic N) is 5. The molecular weight excluding hydrogens is 387 g/mol. The van der Waals surface area contributed by atoms with Gasteiger partial charge in [0.05, 0.1) is 10.2 Å². The second kappa shape index (κ2) is 7.50. The second-order valence-corrected chi connectivity index (χ2v) is 7.49. The van der Waals surface area contributed by atoms with Gasteiger partial charge < -0.3 is 5.32 Å². The van der Waals surface area contributed by atoms with Crippen molar-refractivity contribution in [1.29, 1.82) is 0 Å². The quantitative estimate of drug-likeness (QED) is 0.394. The van der Waals surface area contributed by atoms with E-state index in [4.69, 9.17) is 0 Å². The Morgan fingerprint density at radius 3 is 2.71 bits per heavy atom. The van der Waals surface area contributed by atoms with E-state index in [1.54, 1.807) is 11.4 Å². The molecule has 1 amide bonds. The lowest BCUT2D eigenvalue weighted by Gasteiger charge is -2.10. The first kappa shape index (κ1) is 19.7. The number of hydrogen-bond donors (Lipinski definition) is 1. The number of amides is 1. The van der Waals surface area contributed by atoms with Crippen LogP contribution in [0.15, 0.2) is 23.4 Å². The Labute approximate surface area is 163 Å². The Morgan fingerprint density at radius 1 is 1.32 bits per heavy atom. The molecule has 9 nitrogen and oxygen atoms in total. The van der Waals surface area contributed by atoms with Gasteiger partial charge in [0.1, 0.15) is 0 Å². The first-order valence-electron chi connectivity index (χ1n) is 8.29. The third kappa shape index (κ3) is 3.79. The van der Waals surface area contributed by atoms with Crippen LogP contribution in [0.4, 0.5) is 15.8 Å². The van der Waals surface area contributed by atoms with Gasteiger partial charge in [-0.05, 0) is 45.4 Å². The highest BCUT2D eigenvalue weighted by Crippen LogP contribution is 2.25. The number of carbonyl (C=O) groups is 1. The number of halogens is 1. The third-order valence-electron chi connectivity index (χ3n) is 4.30. The number of hydrogen-bond acceptors (Lipinski definition) is 7. The van der Waals surface area contributed by atoms with Crippen molar-refractivity contribution in [2.75, 3.05) is 5.32 Å². The van der Waals surface area contributed by atoms with E-state index in [2.05, 4.69) is 20.4 Å². The summed E-state index contributed by atoms with van der Waals surface area (Å²) in [5, 5.41) is 17.5. The van der Waals surface area contributed by atoms with Crippen LogP contribution in [0.2, 0.25) is 0 Å². The van der Waals surface area contributed by atoms with Crippen molar-refractivity contribution >= 4 is 34.8 Å². The fourth-order valence-corrected chi connectivity index (χ4v) is 3.22. The second-order valence-electron chi connectivity index (χ2n) is 6.19. The molecule has 3 aromatic rings. The average Bonchev–Trinajstić information content (AvgIpc) is 3.03. The standard InChI is InChI=1S/C17H17FN6O3S/c1-8-9(2)19-16-21-17(22-23(16)10(8)3)28-11(4)15(25)20-12-5-6-13(18)14(7-12)24(26)27/h5-7,11H,1-4H3,(H,20,25). The molecule has 0 saturated carbocycles. The number of aromatic nitrogens is 4. The van der Waals surface area contributed by atoms with E-state index in [1.165, 1.54) is 6.07 Å². The average molecular weight is 404 g/mol. The van der Waals surface area contributed by atoms with E-state index in [-0.39, 0.29) is 5.69 Å². The molecule has 3 rings (SSSR count). The summed E-state index contributed by atoms with van der Waals surface area (Å²) in [7, 11) is 0. The maximum absolute atomic E-state index is 13.4. The third-order valence-corrected chi connectivity index (χ3v) is 5.25. The van der Waals surface area contributed by atoms with Crippen LogP contribution < -0.4 is 5.32 Å². The molecule has 0 aliphatic heterocycles. The normalized spacial score (nSPS) is 12.2. The van der Waals surface area contributed by atoms with Gasteiger partial charge in [-0.15, -0.1) is 5.10 Å². The summed E-state index contributed by atoms with van der Waals surface area (Å²) in [5.74, 6) is -0.931. The highest BCUT2D eigenvalue weighted by atomic mass is 32.2. The van der Waals surface area contributed by atoms with Crippen LogP contribution in [0.5, 0.6) is 0 Å². The van der Waals surface area contributed by atoms with Gasteiger partial charge in [-0.25, -0.2) is 9.50 Å². The first-order valence-corrected chi connectivity index (χ1v) is 9.17. The fraction of sp³-hybridized carbons (Fsp3) is 0.294. The van der Waals surface area contributed by atoms with Crippen molar-refractivity contribution in [2.45, 2.75) is 38.1 Å². The molecule has 1 aromatic carbocycles.